The number of carbonyl (C=O) groups is 1. The third kappa shape index (κ3) is 3.06. The molecule has 146 valence electrons. The Balaban J connectivity index is 0.000000706. The number of hydrogen-bond acceptors (Lipinski definition) is 6. The maximum Gasteiger partial charge on any atom is 0.290 e. The zero-order chi connectivity index (χ0) is 20.7. The Hall–Kier alpha value is -3.11. The summed E-state index contributed by atoms with van der Waals surface area (Å²) < 4.78 is 11.9. The summed E-state index contributed by atoms with van der Waals surface area (Å²) in [4.78, 5) is 12.9. The molecule has 0 radical (unpaired) electrons. The summed E-state index contributed by atoms with van der Waals surface area (Å²) in [5, 5.41) is 16.6. The van der Waals surface area contributed by atoms with Crippen LogP contribution < -0.4 is 10.5 Å². The second-order valence-corrected chi connectivity index (χ2v) is 7.73. The normalized spacial score (nSPS) is 17.4. The highest BCUT2D eigenvalue weighted by atomic mass is 16.5. The summed E-state index contributed by atoms with van der Waals surface area (Å²) in [6.45, 7) is 8.44. The molecule has 2 aromatic rings. The number of nitrogen functional groups attached to an aromatic ring is 1. The van der Waals surface area contributed by atoms with E-state index in [4.69, 9.17) is 25.1 Å². The van der Waals surface area contributed by atoms with Crippen LogP contribution in [0.3, 0.4) is 0 Å². The number of carboxylic acid groups (broad SMARTS) is 1. The standard InChI is InChI=1S/C20H21N3O2.CH2O2/c1-19(2)16-15(12-5-6-14-11(9-12)7-8-24-14)13(10-21)18(22)23-17(16)20(3,4)25-19;2-1-3/h5-6,9H,7-8H2,1-4H3,(H2,22,23);1H,(H,2,3). The van der Waals surface area contributed by atoms with E-state index in [2.05, 4.69) is 17.1 Å². The molecule has 0 unspecified atom stereocenters. The summed E-state index contributed by atoms with van der Waals surface area (Å²) in [5.41, 5.74) is 10.1. The average molecular weight is 381 g/mol. The van der Waals surface area contributed by atoms with Gasteiger partial charge in [0, 0.05) is 17.5 Å². The molecule has 7 heteroatoms. The molecule has 0 saturated carbocycles. The Labute approximate surface area is 163 Å². The number of rotatable bonds is 1. The minimum Gasteiger partial charge on any atom is -0.493 e. The SMILES string of the molecule is CC1(C)OC(C)(C)c2c1nc(N)c(C#N)c2-c1ccc2c(c1)CCO2.O=CO. The van der Waals surface area contributed by atoms with E-state index in [0.29, 0.717) is 12.2 Å². The van der Waals surface area contributed by atoms with Crippen molar-refractivity contribution in [2.45, 2.75) is 45.3 Å². The number of benzene rings is 1. The van der Waals surface area contributed by atoms with E-state index in [1.54, 1.807) is 0 Å². The molecule has 28 heavy (non-hydrogen) atoms. The quantitative estimate of drug-likeness (QED) is 0.727. The van der Waals surface area contributed by atoms with E-state index in [1.807, 2.05) is 39.8 Å². The first-order valence-corrected chi connectivity index (χ1v) is 8.95. The van der Waals surface area contributed by atoms with Gasteiger partial charge in [-0.05, 0) is 51.0 Å². The van der Waals surface area contributed by atoms with Gasteiger partial charge < -0.3 is 20.3 Å². The smallest absolute Gasteiger partial charge is 0.290 e. The molecule has 1 aromatic heterocycles. The van der Waals surface area contributed by atoms with Crippen LogP contribution in [-0.4, -0.2) is 23.2 Å². The lowest BCUT2D eigenvalue weighted by molar-refractivity contribution is -0.122. The molecule has 7 nitrogen and oxygen atoms in total. The van der Waals surface area contributed by atoms with Crippen molar-refractivity contribution in [3.8, 4) is 22.9 Å². The molecule has 1 aromatic carbocycles. The number of nitriles is 1. The van der Waals surface area contributed by atoms with Gasteiger partial charge in [-0.3, -0.25) is 4.79 Å². The summed E-state index contributed by atoms with van der Waals surface area (Å²) >= 11 is 0. The number of hydrogen-bond donors (Lipinski definition) is 2. The van der Waals surface area contributed by atoms with E-state index in [0.717, 1.165) is 40.1 Å². The molecule has 2 aliphatic heterocycles. The lowest BCUT2D eigenvalue weighted by Gasteiger charge is -2.25. The maximum atomic E-state index is 9.75. The van der Waals surface area contributed by atoms with Gasteiger partial charge in [0.25, 0.3) is 6.47 Å². The van der Waals surface area contributed by atoms with Gasteiger partial charge in [-0.2, -0.15) is 5.26 Å². The number of ether oxygens (including phenoxy) is 2. The maximum absolute atomic E-state index is 9.75. The van der Waals surface area contributed by atoms with Crippen LogP contribution in [0.4, 0.5) is 5.82 Å². The first-order chi connectivity index (χ1) is 13.2. The van der Waals surface area contributed by atoms with Gasteiger partial charge >= 0.3 is 0 Å². The number of aromatic nitrogens is 1. The number of pyridine rings is 1. The van der Waals surface area contributed by atoms with Gasteiger partial charge in [-0.1, -0.05) is 6.07 Å². The number of anilines is 1. The third-order valence-corrected chi connectivity index (χ3v) is 5.00. The molecule has 3 N–H and O–H groups in total. The lowest BCUT2D eigenvalue weighted by Crippen LogP contribution is -2.23. The van der Waals surface area contributed by atoms with E-state index in [-0.39, 0.29) is 12.3 Å². The summed E-state index contributed by atoms with van der Waals surface area (Å²) in [7, 11) is 0. The van der Waals surface area contributed by atoms with Crippen molar-refractivity contribution in [1.82, 2.24) is 4.98 Å². The molecule has 0 aliphatic carbocycles. The van der Waals surface area contributed by atoms with Gasteiger partial charge in [-0.25, -0.2) is 4.98 Å². The van der Waals surface area contributed by atoms with Crippen molar-refractivity contribution < 1.29 is 19.4 Å². The molecule has 0 spiro atoms. The second-order valence-electron chi connectivity index (χ2n) is 7.73. The van der Waals surface area contributed by atoms with Gasteiger partial charge in [0.05, 0.1) is 17.9 Å². The van der Waals surface area contributed by atoms with Gasteiger partial charge in [0.15, 0.2) is 0 Å². The Morgan fingerprint density at radius 2 is 1.96 bits per heavy atom. The molecule has 4 rings (SSSR count). The molecule has 0 bridgehead atoms. The zero-order valence-corrected chi connectivity index (χ0v) is 16.4. The minimum absolute atomic E-state index is 0.250. The largest absolute Gasteiger partial charge is 0.493 e. The van der Waals surface area contributed by atoms with Crippen molar-refractivity contribution in [2.75, 3.05) is 12.3 Å². The van der Waals surface area contributed by atoms with Crippen LogP contribution in [0.25, 0.3) is 11.1 Å². The van der Waals surface area contributed by atoms with Gasteiger partial charge in [0.2, 0.25) is 0 Å². The van der Waals surface area contributed by atoms with Crippen molar-refractivity contribution in [1.29, 1.82) is 5.26 Å². The Morgan fingerprint density at radius 1 is 1.29 bits per heavy atom. The van der Waals surface area contributed by atoms with E-state index in [1.165, 1.54) is 0 Å². The molecule has 0 saturated heterocycles. The lowest BCUT2D eigenvalue weighted by atomic mass is 9.84. The minimum atomic E-state index is -0.560. The predicted octanol–water partition coefficient (Wildman–Crippen LogP) is 3.34. The van der Waals surface area contributed by atoms with Crippen molar-refractivity contribution in [3.05, 3.63) is 40.6 Å². The molecule has 0 atom stereocenters. The zero-order valence-electron chi connectivity index (χ0n) is 16.4. The Kier molecular flexibility index (Phi) is 4.77. The molecule has 0 amide bonds. The van der Waals surface area contributed by atoms with E-state index in [9.17, 15) is 5.26 Å². The highest BCUT2D eigenvalue weighted by molar-refractivity contribution is 5.81. The summed E-state index contributed by atoms with van der Waals surface area (Å²) in [6, 6.07) is 8.30. The van der Waals surface area contributed by atoms with Crippen LogP contribution in [0.1, 0.15) is 50.1 Å². The molecular weight excluding hydrogens is 358 g/mol. The van der Waals surface area contributed by atoms with E-state index >= 15 is 0 Å². The summed E-state index contributed by atoms with van der Waals surface area (Å²) in [6.07, 6.45) is 0.874. The van der Waals surface area contributed by atoms with Gasteiger partial charge in [0.1, 0.15) is 28.8 Å². The molecule has 0 fully saturated rings. The first kappa shape index (κ1) is 19.6. The third-order valence-electron chi connectivity index (χ3n) is 5.00. The Bertz CT molecular complexity index is 990. The van der Waals surface area contributed by atoms with Crippen LogP contribution in [0, 0.1) is 11.3 Å². The molecule has 2 aliphatic rings. The van der Waals surface area contributed by atoms with Crippen molar-refractivity contribution in [2.24, 2.45) is 0 Å². The predicted molar refractivity (Wildman–Crippen MR) is 104 cm³/mol. The highest BCUT2D eigenvalue weighted by Crippen LogP contribution is 2.51. The topological polar surface area (TPSA) is 118 Å². The molecule has 3 heterocycles. The van der Waals surface area contributed by atoms with E-state index < -0.39 is 11.2 Å². The van der Waals surface area contributed by atoms with Crippen molar-refractivity contribution in [3.63, 3.8) is 0 Å². The Morgan fingerprint density at radius 3 is 2.61 bits per heavy atom. The van der Waals surface area contributed by atoms with Crippen LogP contribution in [0.15, 0.2) is 18.2 Å². The van der Waals surface area contributed by atoms with Crippen molar-refractivity contribution >= 4 is 12.3 Å². The van der Waals surface area contributed by atoms with Crippen LogP contribution in [0.2, 0.25) is 0 Å². The first-order valence-electron chi connectivity index (χ1n) is 8.95. The fourth-order valence-corrected chi connectivity index (χ4v) is 4.11. The molecular formula is C21H23N3O4. The number of nitrogens with zero attached hydrogens (tertiary/aromatic N) is 2. The van der Waals surface area contributed by atoms with Crippen LogP contribution in [-0.2, 0) is 27.2 Å². The fourth-order valence-electron chi connectivity index (χ4n) is 4.11. The van der Waals surface area contributed by atoms with Gasteiger partial charge in [-0.15, -0.1) is 0 Å². The summed E-state index contributed by atoms with van der Waals surface area (Å²) in [5.74, 6) is 1.17. The second kappa shape index (κ2) is 6.80. The number of fused-ring (bicyclic) bond motifs is 2. The monoisotopic (exact) mass is 381 g/mol. The fraction of sp³-hybridized carbons (Fsp3) is 0.381. The average Bonchev–Trinajstić information content (AvgIpc) is 3.14. The van der Waals surface area contributed by atoms with Crippen LogP contribution in [0.5, 0.6) is 5.75 Å². The highest BCUT2D eigenvalue weighted by Gasteiger charge is 2.47. The van der Waals surface area contributed by atoms with Crippen LogP contribution >= 0.6 is 0 Å². The number of nitrogens with two attached hydrogens (primary N) is 1.